The molecule has 0 radical (unpaired) electrons. The summed E-state index contributed by atoms with van der Waals surface area (Å²) in [6, 6.07) is 9.74. The predicted molar refractivity (Wildman–Crippen MR) is 81.3 cm³/mol. The molecule has 1 aromatic carbocycles. The highest BCUT2D eigenvalue weighted by molar-refractivity contribution is 6.30. The molecule has 0 aliphatic carbocycles. The normalized spacial score (nSPS) is 11.3. The van der Waals surface area contributed by atoms with Crippen molar-refractivity contribution in [1.82, 2.24) is 24.6 Å². The minimum absolute atomic E-state index is 0.569. The van der Waals surface area contributed by atoms with Crippen molar-refractivity contribution in [3.8, 4) is 11.4 Å². The maximum Gasteiger partial charge on any atom is 0.183 e. The SMILES string of the molecule is Cc1nc2ccccc2n2c(-c3cncc(Cl)c3)nnc12. The highest BCUT2D eigenvalue weighted by Crippen LogP contribution is 2.25. The smallest absolute Gasteiger partial charge is 0.183 e. The Bertz CT molecular complexity index is 976. The van der Waals surface area contributed by atoms with Gasteiger partial charge in [0.2, 0.25) is 0 Å². The first-order valence-corrected chi connectivity index (χ1v) is 6.83. The second kappa shape index (κ2) is 4.49. The summed E-state index contributed by atoms with van der Waals surface area (Å²) in [6.45, 7) is 1.93. The van der Waals surface area contributed by atoms with Crippen LogP contribution in [-0.2, 0) is 0 Å². The summed E-state index contributed by atoms with van der Waals surface area (Å²) >= 11 is 6.03. The number of fused-ring (bicyclic) bond motifs is 3. The molecule has 3 heterocycles. The third-order valence-electron chi connectivity index (χ3n) is 3.36. The Morgan fingerprint density at radius 2 is 1.95 bits per heavy atom. The van der Waals surface area contributed by atoms with Gasteiger partial charge < -0.3 is 0 Å². The van der Waals surface area contributed by atoms with E-state index in [2.05, 4.69) is 20.2 Å². The lowest BCUT2D eigenvalue weighted by molar-refractivity contribution is 1.10. The number of para-hydroxylation sites is 2. The molecule has 3 aromatic heterocycles. The van der Waals surface area contributed by atoms with Crippen LogP contribution in [0, 0.1) is 6.92 Å². The van der Waals surface area contributed by atoms with Crippen LogP contribution in [0.3, 0.4) is 0 Å². The lowest BCUT2D eigenvalue weighted by Crippen LogP contribution is -1.97. The molecule has 0 bridgehead atoms. The van der Waals surface area contributed by atoms with Gasteiger partial charge >= 0.3 is 0 Å². The average molecular weight is 296 g/mol. The molecule has 0 fully saturated rings. The van der Waals surface area contributed by atoms with Crippen molar-refractivity contribution in [3.05, 3.63) is 53.4 Å². The van der Waals surface area contributed by atoms with Gasteiger partial charge in [-0.05, 0) is 25.1 Å². The lowest BCUT2D eigenvalue weighted by Gasteiger charge is -2.06. The quantitative estimate of drug-likeness (QED) is 0.540. The summed E-state index contributed by atoms with van der Waals surface area (Å²) in [5, 5.41) is 9.11. The van der Waals surface area contributed by atoms with E-state index in [9.17, 15) is 0 Å². The highest BCUT2D eigenvalue weighted by Gasteiger charge is 2.14. The van der Waals surface area contributed by atoms with Gasteiger partial charge in [0.1, 0.15) is 0 Å². The first-order valence-electron chi connectivity index (χ1n) is 6.45. The van der Waals surface area contributed by atoms with E-state index in [1.165, 1.54) is 0 Å². The Kier molecular flexibility index (Phi) is 2.62. The van der Waals surface area contributed by atoms with Crippen LogP contribution in [0.1, 0.15) is 5.69 Å². The van der Waals surface area contributed by atoms with E-state index in [4.69, 9.17) is 11.6 Å². The maximum absolute atomic E-state index is 6.03. The summed E-state index contributed by atoms with van der Waals surface area (Å²) in [6.07, 6.45) is 3.33. The lowest BCUT2D eigenvalue weighted by atomic mass is 10.2. The average Bonchev–Trinajstić information content (AvgIpc) is 2.93. The Morgan fingerprint density at radius 3 is 2.81 bits per heavy atom. The molecule has 0 amide bonds. The van der Waals surface area contributed by atoms with Crippen LogP contribution in [0.4, 0.5) is 0 Å². The van der Waals surface area contributed by atoms with E-state index < -0.39 is 0 Å². The van der Waals surface area contributed by atoms with E-state index in [1.807, 2.05) is 41.7 Å². The van der Waals surface area contributed by atoms with E-state index in [0.29, 0.717) is 10.8 Å². The van der Waals surface area contributed by atoms with Crippen LogP contribution >= 0.6 is 11.6 Å². The van der Waals surface area contributed by atoms with Crippen molar-refractivity contribution < 1.29 is 0 Å². The molecule has 0 unspecified atom stereocenters. The fourth-order valence-electron chi connectivity index (χ4n) is 2.45. The van der Waals surface area contributed by atoms with Gasteiger partial charge in [-0.1, -0.05) is 23.7 Å². The zero-order valence-electron chi connectivity index (χ0n) is 11.2. The molecule has 0 atom stereocenters. The molecular weight excluding hydrogens is 286 g/mol. The molecular formula is C15H10ClN5. The molecule has 4 rings (SSSR count). The zero-order chi connectivity index (χ0) is 14.4. The second-order valence-electron chi connectivity index (χ2n) is 4.76. The minimum Gasteiger partial charge on any atom is -0.272 e. The van der Waals surface area contributed by atoms with E-state index >= 15 is 0 Å². The van der Waals surface area contributed by atoms with E-state index in [1.54, 1.807) is 12.4 Å². The van der Waals surface area contributed by atoms with Crippen LogP contribution in [0.25, 0.3) is 28.1 Å². The van der Waals surface area contributed by atoms with Crippen LogP contribution < -0.4 is 0 Å². The number of aryl methyl sites for hydroxylation is 1. The van der Waals surface area contributed by atoms with Crippen molar-refractivity contribution in [1.29, 1.82) is 0 Å². The van der Waals surface area contributed by atoms with Crippen molar-refractivity contribution in [3.63, 3.8) is 0 Å². The molecule has 6 heteroatoms. The van der Waals surface area contributed by atoms with Gasteiger partial charge in [-0.2, -0.15) is 0 Å². The summed E-state index contributed by atoms with van der Waals surface area (Å²) in [4.78, 5) is 8.68. The van der Waals surface area contributed by atoms with Gasteiger partial charge in [0.15, 0.2) is 11.5 Å². The van der Waals surface area contributed by atoms with Crippen molar-refractivity contribution >= 4 is 28.3 Å². The molecule has 0 aliphatic heterocycles. The fourth-order valence-corrected chi connectivity index (χ4v) is 2.62. The van der Waals surface area contributed by atoms with Crippen LogP contribution in [0.15, 0.2) is 42.7 Å². The predicted octanol–water partition coefficient (Wildman–Crippen LogP) is 3.30. The molecule has 21 heavy (non-hydrogen) atoms. The standard InChI is InChI=1S/C15H10ClN5/c1-9-14-19-20-15(10-6-11(16)8-17-7-10)21(14)13-5-3-2-4-12(13)18-9/h2-8H,1H3. The molecule has 4 aromatic rings. The summed E-state index contributed by atoms with van der Waals surface area (Å²) < 4.78 is 1.99. The Hall–Kier alpha value is -2.53. The van der Waals surface area contributed by atoms with Gasteiger partial charge in [-0.25, -0.2) is 4.98 Å². The van der Waals surface area contributed by atoms with Crippen molar-refractivity contribution in [2.75, 3.05) is 0 Å². The number of benzene rings is 1. The highest BCUT2D eigenvalue weighted by atomic mass is 35.5. The summed E-state index contributed by atoms with van der Waals surface area (Å²) in [7, 11) is 0. The topological polar surface area (TPSA) is 56.0 Å². The van der Waals surface area contributed by atoms with Crippen LogP contribution in [0.5, 0.6) is 0 Å². The maximum atomic E-state index is 6.03. The largest absolute Gasteiger partial charge is 0.272 e. The Labute approximate surface area is 125 Å². The van der Waals surface area contributed by atoms with Gasteiger partial charge in [-0.3, -0.25) is 9.38 Å². The number of nitrogens with zero attached hydrogens (tertiary/aromatic N) is 5. The zero-order valence-corrected chi connectivity index (χ0v) is 11.9. The van der Waals surface area contributed by atoms with Gasteiger partial charge in [-0.15, -0.1) is 10.2 Å². The van der Waals surface area contributed by atoms with E-state index in [-0.39, 0.29) is 0 Å². The molecule has 0 saturated heterocycles. The van der Waals surface area contributed by atoms with Gasteiger partial charge in [0.05, 0.1) is 21.7 Å². The Balaban J connectivity index is 2.16. The molecule has 0 saturated carbocycles. The number of pyridine rings is 1. The molecule has 0 aliphatic rings. The number of aromatic nitrogens is 5. The Morgan fingerprint density at radius 1 is 1.10 bits per heavy atom. The summed E-state index contributed by atoms with van der Waals surface area (Å²) in [5.74, 6) is 0.710. The third-order valence-corrected chi connectivity index (χ3v) is 3.57. The summed E-state index contributed by atoms with van der Waals surface area (Å²) in [5.41, 5.74) is 4.26. The molecule has 0 spiro atoms. The minimum atomic E-state index is 0.569. The monoisotopic (exact) mass is 295 g/mol. The van der Waals surface area contributed by atoms with Crippen LogP contribution in [0.2, 0.25) is 5.02 Å². The van der Waals surface area contributed by atoms with Crippen LogP contribution in [-0.4, -0.2) is 24.6 Å². The first-order chi connectivity index (χ1) is 10.2. The number of hydrogen-bond acceptors (Lipinski definition) is 4. The fraction of sp³-hybridized carbons (Fsp3) is 0.0667. The number of rotatable bonds is 1. The second-order valence-corrected chi connectivity index (χ2v) is 5.20. The molecule has 102 valence electrons. The third kappa shape index (κ3) is 1.86. The number of halogens is 1. The molecule has 5 nitrogen and oxygen atoms in total. The van der Waals surface area contributed by atoms with Crippen molar-refractivity contribution in [2.24, 2.45) is 0 Å². The molecule has 0 N–H and O–H groups in total. The van der Waals surface area contributed by atoms with Crippen molar-refractivity contribution in [2.45, 2.75) is 6.92 Å². The number of hydrogen-bond donors (Lipinski definition) is 0. The first kappa shape index (κ1) is 12.2. The van der Waals surface area contributed by atoms with Gasteiger partial charge in [0, 0.05) is 18.0 Å². The van der Waals surface area contributed by atoms with E-state index in [0.717, 1.165) is 27.9 Å². The van der Waals surface area contributed by atoms with Gasteiger partial charge in [0.25, 0.3) is 0 Å².